The van der Waals surface area contributed by atoms with Gasteiger partial charge in [-0.15, -0.1) is 23.1 Å². The van der Waals surface area contributed by atoms with Crippen LogP contribution in [0.3, 0.4) is 0 Å². The highest BCUT2D eigenvalue weighted by Gasteiger charge is 2.30. The van der Waals surface area contributed by atoms with E-state index in [-0.39, 0.29) is 24.3 Å². The molecule has 1 aromatic heterocycles. The molecule has 0 radical (unpaired) electrons. The van der Waals surface area contributed by atoms with Crippen molar-refractivity contribution >= 4 is 40.0 Å². The van der Waals surface area contributed by atoms with Crippen molar-refractivity contribution in [1.29, 1.82) is 5.26 Å². The van der Waals surface area contributed by atoms with Crippen LogP contribution in [0.4, 0.5) is 0 Å². The SMILES string of the molecule is N#CCc1nc(C(=O)NCC2=N[C@@H](C(=O)N3CCCC3)CS2)cs1. The molecule has 0 aliphatic carbocycles. The number of likely N-dealkylation sites (tertiary alicyclic amines) is 1. The van der Waals surface area contributed by atoms with Gasteiger partial charge in [0.1, 0.15) is 16.7 Å². The highest BCUT2D eigenvalue weighted by molar-refractivity contribution is 8.14. The van der Waals surface area contributed by atoms with Crippen molar-refractivity contribution in [3.8, 4) is 6.07 Å². The Morgan fingerprint density at radius 3 is 2.96 bits per heavy atom. The molecule has 0 spiro atoms. The summed E-state index contributed by atoms with van der Waals surface area (Å²) in [5.41, 5.74) is 0.318. The molecule has 3 rings (SSSR count). The summed E-state index contributed by atoms with van der Waals surface area (Å²) in [4.78, 5) is 34.8. The van der Waals surface area contributed by atoms with E-state index in [2.05, 4.69) is 15.3 Å². The summed E-state index contributed by atoms with van der Waals surface area (Å²) in [5, 5.41) is 14.4. The second kappa shape index (κ2) is 7.77. The molecular formula is C15H17N5O2S2. The maximum Gasteiger partial charge on any atom is 0.271 e. The number of hydrogen-bond donors (Lipinski definition) is 1. The summed E-state index contributed by atoms with van der Waals surface area (Å²) < 4.78 is 0. The quantitative estimate of drug-likeness (QED) is 0.844. The van der Waals surface area contributed by atoms with Crippen molar-refractivity contribution < 1.29 is 9.59 Å². The molecule has 1 aromatic rings. The Hall–Kier alpha value is -1.92. The first kappa shape index (κ1) is 16.9. The zero-order valence-electron chi connectivity index (χ0n) is 13.0. The first-order valence-corrected chi connectivity index (χ1v) is 9.61. The van der Waals surface area contributed by atoms with Crippen molar-refractivity contribution in [1.82, 2.24) is 15.2 Å². The normalized spacial score (nSPS) is 19.9. The summed E-state index contributed by atoms with van der Waals surface area (Å²) in [5.74, 6) is 0.457. The van der Waals surface area contributed by atoms with E-state index in [9.17, 15) is 9.59 Å². The second-order valence-electron chi connectivity index (χ2n) is 5.53. The molecule has 0 saturated carbocycles. The van der Waals surface area contributed by atoms with Gasteiger partial charge in [0, 0.05) is 24.2 Å². The number of hydrogen-bond acceptors (Lipinski definition) is 7. The van der Waals surface area contributed by atoms with Crippen LogP contribution in [0.5, 0.6) is 0 Å². The van der Waals surface area contributed by atoms with E-state index in [0.29, 0.717) is 23.0 Å². The number of nitriles is 1. The lowest BCUT2D eigenvalue weighted by Crippen LogP contribution is -2.36. The van der Waals surface area contributed by atoms with Gasteiger partial charge in [0.25, 0.3) is 5.91 Å². The Morgan fingerprint density at radius 2 is 2.21 bits per heavy atom. The van der Waals surface area contributed by atoms with Crippen LogP contribution in [0.2, 0.25) is 0 Å². The van der Waals surface area contributed by atoms with E-state index in [4.69, 9.17) is 5.26 Å². The Bertz CT molecular complexity index is 703. The number of aromatic nitrogens is 1. The molecule has 3 heterocycles. The van der Waals surface area contributed by atoms with E-state index in [1.165, 1.54) is 23.1 Å². The van der Waals surface area contributed by atoms with Gasteiger partial charge in [-0.2, -0.15) is 5.26 Å². The summed E-state index contributed by atoms with van der Waals surface area (Å²) in [7, 11) is 0. The standard InChI is InChI=1S/C15H17N5O2S2/c16-4-3-12-18-10(8-23-12)14(21)17-7-13-19-11(9-24-13)15(22)20-5-1-2-6-20/h8,11H,1-3,5-7,9H2,(H,17,21)/t11-/m1/s1. The number of thioether (sulfide) groups is 1. The molecule has 7 nitrogen and oxygen atoms in total. The third-order valence-corrected chi connectivity index (χ3v) is 5.74. The molecule has 1 saturated heterocycles. The predicted molar refractivity (Wildman–Crippen MR) is 93.3 cm³/mol. The van der Waals surface area contributed by atoms with E-state index < -0.39 is 0 Å². The zero-order chi connectivity index (χ0) is 16.9. The average molecular weight is 363 g/mol. The average Bonchev–Trinajstić information content (AvgIpc) is 3.32. The van der Waals surface area contributed by atoms with Gasteiger partial charge in [0.05, 0.1) is 24.1 Å². The Labute approximate surface area is 148 Å². The van der Waals surface area contributed by atoms with E-state index in [0.717, 1.165) is 31.0 Å². The molecule has 2 aliphatic heterocycles. The lowest BCUT2D eigenvalue weighted by Gasteiger charge is -2.17. The van der Waals surface area contributed by atoms with Crippen LogP contribution in [0.25, 0.3) is 0 Å². The maximum atomic E-state index is 12.3. The monoisotopic (exact) mass is 363 g/mol. The van der Waals surface area contributed by atoms with Gasteiger partial charge in [-0.05, 0) is 12.8 Å². The fourth-order valence-corrected chi connectivity index (χ4v) is 4.26. The van der Waals surface area contributed by atoms with Gasteiger partial charge in [-0.25, -0.2) is 4.98 Å². The minimum atomic E-state index is -0.318. The van der Waals surface area contributed by atoms with Crippen molar-refractivity contribution in [2.24, 2.45) is 4.99 Å². The molecule has 0 aromatic carbocycles. The van der Waals surface area contributed by atoms with E-state index >= 15 is 0 Å². The molecule has 1 N–H and O–H groups in total. The van der Waals surface area contributed by atoms with Crippen LogP contribution in [0.15, 0.2) is 10.4 Å². The molecule has 9 heteroatoms. The van der Waals surface area contributed by atoms with Crippen LogP contribution >= 0.6 is 23.1 Å². The largest absolute Gasteiger partial charge is 0.344 e. The molecular weight excluding hydrogens is 346 g/mol. The van der Waals surface area contributed by atoms with Crippen molar-refractivity contribution in [3.63, 3.8) is 0 Å². The summed E-state index contributed by atoms with van der Waals surface area (Å²) in [6.45, 7) is 1.96. The van der Waals surface area contributed by atoms with Crippen molar-refractivity contribution in [2.75, 3.05) is 25.4 Å². The fourth-order valence-electron chi connectivity index (χ4n) is 2.61. The molecule has 24 heavy (non-hydrogen) atoms. The molecule has 0 unspecified atom stereocenters. The number of thiazole rings is 1. The third-order valence-electron chi connectivity index (χ3n) is 3.83. The van der Waals surface area contributed by atoms with Crippen LogP contribution in [-0.2, 0) is 11.2 Å². The van der Waals surface area contributed by atoms with Crippen molar-refractivity contribution in [2.45, 2.75) is 25.3 Å². The molecule has 2 aliphatic rings. The topological polar surface area (TPSA) is 98.5 Å². The van der Waals surface area contributed by atoms with Crippen LogP contribution < -0.4 is 5.32 Å². The van der Waals surface area contributed by atoms with Gasteiger partial charge >= 0.3 is 0 Å². The van der Waals surface area contributed by atoms with E-state index in [1.807, 2.05) is 11.0 Å². The highest BCUT2D eigenvalue weighted by Crippen LogP contribution is 2.21. The summed E-state index contributed by atoms with van der Waals surface area (Å²) >= 11 is 2.81. The smallest absolute Gasteiger partial charge is 0.271 e. The second-order valence-corrected chi connectivity index (χ2v) is 7.56. The summed E-state index contributed by atoms with van der Waals surface area (Å²) in [6.07, 6.45) is 2.35. The van der Waals surface area contributed by atoms with Gasteiger partial charge in [-0.3, -0.25) is 14.6 Å². The highest BCUT2D eigenvalue weighted by atomic mass is 32.2. The predicted octanol–water partition coefficient (Wildman–Crippen LogP) is 1.08. The number of rotatable bonds is 5. The molecule has 2 amide bonds. The first-order chi connectivity index (χ1) is 11.7. The molecule has 0 bridgehead atoms. The van der Waals surface area contributed by atoms with Crippen LogP contribution in [-0.4, -0.2) is 58.2 Å². The lowest BCUT2D eigenvalue weighted by atomic mass is 10.3. The number of carbonyl (C=O) groups is 2. The molecule has 1 atom stereocenters. The number of amides is 2. The Morgan fingerprint density at radius 1 is 1.42 bits per heavy atom. The Kier molecular flexibility index (Phi) is 5.48. The van der Waals surface area contributed by atoms with Gasteiger partial charge in [-0.1, -0.05) is 0 Å². The van der Waals surface area contributed by atoms with Gasteiger partial charge in [0.15, 0.2) is 0 Å². The van der Waals surface area contributed by atoms with Crippen molar-refractivity contribution in [3.05, 3.63) is 16.1 Å². The molecule has 126 valence electrons. The van der Waals surface area contributed by atoms with Crippen LogP contribution in [0.1, 0.15) is 28.3 Å². The number of carbonyl (C=O) groups excluding carboxylic acids is 2. The third kappa shape index (κ3) is 3.94. The lowest BCUT2D eigenvalue weighted by molar-refractivity contribution is -0.130. The minimum Gasteiger partial charge on any atom is -0.344 e. The summed E-state index contributed by atoms with van der Waals surface area (Å²) in [6, 6.07) is 1.69. The van der Waals surface area contributed by atoms with Gasteiger partial charge < -0.3 is 10.2 Å². The van der Waals surface area contributed by atoms with Crippen LogP contribution in [0, 0.1) is 11.3 Å². The fraction of sp³-hybridized carbons (Fsp3) is 0.533. The number of aliphatic imine (C=N–C) groups is 1. The Balaban J connectivity index is 1.51. The minimum absolute atomic E-state index is 0.0990. The van der Waals surface area contributed by atoms with E-state index in [1.54, 1.807) is 5.38 Å². The number of nitrogens with one attached hydrogen (secondary N) is 1. The first-order valence-electron chi connectivity index (χ1n) is 7.75. The van der Waals surface area contributed by atoms with Gasteiger partial charge in [0.2, 0.25) is 5.91 Å². The molecule has 1 fully saturated rings. The number of nitrogens with zero attached hydrogens (tertiary/aromatic N) is 4. The maximum absolute atomic E-state index is 12.3. The zero-order valence-corrected chi connectivity index (χ0v) is 14.7.